The van der Waals surface area contributed by atoms with Crippen molar-refractivity contribution < 1.29 is 4.39 Å². The van der Waals surface area contributed by atoms with Crippen molar-refractivity contribution in [1.29, 1.82) is 0 Å². The molecular weight excluding hydrogens is 395 g/mol. The molecule has 0 spiro atoms. The molecule has 0 saturated carbocycles. The number of aromatic nitrogens is 2. The monoisotopic (exact) mass is 424 g/mol. The highest BCUT2D eigenvalue weighted by molar-refractivity contribution is 6.19. The van der Waals surface area contributed by atoms with Gasteiger partial charge in [0.05, 0.1) is 5.52 Å². The van der Waals surface area contributed by atoms with Crippen molar-refractivity contribution in [2.75, 3.05) is 0 Å². The van der Waals surface area contributed by atoms with Crippen LogP contribution in [0.4, 0.5) is 4.39 Å². The first-order valence-corrected chi connectivity index (χ1v) is 11.4. The summed E-state index contributed by atoms with van der Waals surface area (Å²) in [5.41, 5.74) is 9.24. The highest BCUT2D eigenvalue weighted by Gasteiger charge is 2.24. The van der Waals surface area contributed by atoms with Gasteiger partial charge in [0.15, 0.2) is 0 Å². The Balaban J connectivity index is 2.13. The topological polar surface area (TPSA) is 17.3 Å². The molecule has 162 valence electrons. The van der Waals surface area contributed by atoms with Gasteiger partial charge in [-0.15, -0.1) is 0 Å². The molecule has 0 N–H and O–H groups in total. The number of hydrogen-bond donors (Lipinski definition) is 0. The Hall–Kier alpha value is -3.20. The number of halogens is 1. The number of benzene rings is 3. The minimum Gasteiger partial charge on any atom is -0.299 e. The van der Waals surface area contributed by atoms with Gasteiger partial charge in [0, 0.05) is 34.1 Å². The summed E-state index contributed by atoms with van der Waals surface area (Å²) in [4.78, 5) is 4.76. The molecule has 0 aliphatic carbocycles. The van der Waals surface area contributed by atoms with Crippen LogP contribution in [0.3, 0.4) is 0 Å². The van der Waals surface area contributed by atoms with Crippen molar-refractivity contribution in [2.24, 2.45) is 0 Å². The number of pyridine rings is 1. The van der Waals surface area contributed by atoms with Gasteiger partial charge in [-0.05, 0) is 80.5 Å². The van der Waals surface area contributed by atoms with Gasteiger partial charge in [-0.1, -0.05) is 43.2 Å². The largest absolute Gasteiger partial charge is 0.299 e. The zero-order valence-corrected chi connectivity index (χ0v) is 19.7. The molecule has 0 bridgehead atoms. The average Bonchev–Trinajstić information content (AvgIpc) is 3.23. The van der Waals surface area contributed by atoms with E-state index >= 15 is 4.39 Å². The van der Waals surface area contributed by atoms with Crippen molar-refractivity contribution in [3.05, 3.63) is 82.4 Å². The Morgan fingerprint density at radius 1 is 0.906 bits per heavy atom. The number of imidazole rings is 1. The van der Waals surface area contributed by atoms with E-state index in [0.717, 1.165) is 61.6 Å². The van der Waals surface area contributed by atoms with Gasteiger partial charge in [0.25, 0.3) is 0 Å². The fraction of sp³-hybridized carbons (Fsp3) is 0.276. The predicted octanol–water partition coefficient (Wildman–Crippen LogP) is 8.19. The summed E-state index contributed by atoms with van der Waals surface area (Å²) in [5.74, 6) is 0.0746. The van der Waals surface area contributed by atoms with Gasteiger partial charge < -0.3 is 0 Å². The van der Waals surface area contributed by atoms with E-state index in [4.69, 9.17) is 4.98 Å². The van der Waals surface area contributed by atoms with E-state index in [1.54, 1.807) is 6.07 Å². The first-order chi connectivity index (χ1) is 15.3. The molecule has 2 aromatic heterocycles. The second-order valence-electron chi connectivity index (χ2n) is 9.30. The zero-order valence-electron chi connectivity index (χ0n) is 19.7. The van der Waals surface area contributed by atoms with Crippen LogP contribution in [0.5, 0.6) is 0 Å². The Kier molecular flexibility index (Phi) is 4.81. The minimum atomic E-state index is -0.151. The molecule has 2 nitrogen and oxygen atoms in total. The maximum absolute atomic E-state index is 16.2. The Morgan fingerprint density at radius 2 is 1.62 bits per heavy atom. The summed E-state index contributed by atoms with van der Waals surface area (Å²) in [5, 5.41) is 3.12. The molecule has 5 rings (SSSR count). The van der Waals surface area contributed by atoms with Gasteiger partial charge in [-0.3, -0.25) is 4.40 Å². The van der Waals surface area contributed by atoms with Gasteiger partial charge in [0.2, 0.25) is 0 Å². The lowest BCUT2D eigenvalue weighted by molar-refractivity contribution is 0.626. The van der Waals surface area contributed by atoms with Crippen molar-refractivity contribution in [3.63, 3.8) is 0 Å². The Labute approximate surface area is 188 Å². The number of rotatable bonds is 3. The fourth-order valence-corrected chi connectivity index (χ4v) is 5.35. The number of hydrogen-bond acceptors (Lipinski definition) is 1. The van der Waals surface area contributed by atoms with Crippen molar-refractivity contribution >= 4 is 27.3 Å². The summed E-state index contributed by atoms with van der Waals surface area (Å²) in [6.45, 7) is 12.7. The molecule has 0 fully saturated rings. The second kappa shape index (κ2) is 7.44. The smallest absolute Gasteiger partial charge is 0.145 e. The van der Waals surface area contributed by atoms with E-state index in [2.05, 4.69) is 76.3 Å². The maximum Gasteiger partial charge on any atom is 0.145 e. The lowest BCUT2D eigenvalue weighted by atomic mass is 9.84. The van der Waals surface area contributed by atoms with Crippen LogP contribution in [-0.4, -0.2) is 9.38 Å². The predicted molar refractivity (Wildman–Crippen MR) is 133 cm³/mol. The summed E-state index contributed by atoms with van der Waals surface area (Å²) in [6.07, 6.45) is 4.80. The standard InChI is InChI=1S/C29H29FN2/c1-7-18(4)21-15-23(30)28(25-19(5)12-17(3)13-20(25)6)26-22-14-16(2)8-9-24(22)32-11-10-31-29(32)27(21)26/h8-15,18H,7H2,1-6H3. The van der Waals surface area contributed by atoms with E-state index in [-0.39, 0.29) is 11.7 Å². The van der Waals surface area contributed by atoms with Crippen LogP contribution in [0.1, 0.15) is 54.0 Å². The molecule has 0 amide bonds. The molecule has 1 atom stereocenters. The van der Waals surface area contributed by atoms with E-state index in [0.29, 0.717) is 5.56 Å². The first kappa shape index (κ1) is 20.7. The van der Waals surface area contributed by atoms with Crippen LogP contribution in [0.15, 0.2) is 48.8 Å². The lowest BCUT2D eigenvalue weighted by Gasteiger charge is -2.22. The van der Waals surface area contributed by atoms with Gasteiger partial charge in [-0.25, -0.2) is 9.37 Å². The van der Waals surface area contributed by atoms with Gasteiger partial charge >= 0.3 is 0 Å². The van der Waals surface area contributed by atoms with Crippen molar-refractivity contribution in [2.45, 2.75) is 53.9 Å². The summed E-state index contributed by atoms with van der Waals surface area (Å²) >= 11 is 0. The SMILES string of the molecule is CCC(C)c1cc(F)c(-c2c(C)cc(C)cc2C)c2c3cc(C)ccc3n3ccnc3c12. The van der Waals surface area contributed by atoms with Crippen LogP contribution in [-0.2, 0) is 0 Å². The van der Waals surface area contributed by atoms with Crippen LogP contribution in [0.25, 0.3) is 38.4 Å². The summed E-state index contributed by atoms with van der Waals surface area (Å²) < 4.78 is 18.3. The summed E-state index contributed by atoms with van der Waals surface area (Å²) in [7, 11) is 0. The van der Waals surface area contributed by atoms with Crippen LogP contribution in [0.2, 0.25) is 0 Å². The third kappa shape index (κ3) is 2.95. The molecule has 2 heterocycles. The van der Waals surface area contributed by atoms with Crippen LogP contribution in [0, 0.1) is 33.5 Å². The van der Waals surface area contributed by atoms with E-state index in [9.17, 15) is 0 Å². The molecule has 0 saturated heterocycles. The highest BCUT2D eigenvalue weighted by atomic mass is 19.1. The fourth-order valence-electron chi connectivity index (χ4n) is 5.35. The highest BCUT2D eigenvalue weighted by Crippen LogP contribution is 2.44. The number of fused-ring (bicyclic) bond motifs is 6. The second-order valence-corrected chi connectivity index (χ2v) is 9.30. The third-order valence-corrected chi connectivity index (χ3v) is 6.93. The molecule has 1 unspecified atom stereocenters. The average molecular weight is 425 g/mol. The summed E-state index contributed by atoms with van der Waals surface area (Å²) in [6, 6.07) is 12.5. The zero-order chi connectivity index (χ0) is 22.7. The number of nitrogens with zero attached hydrogens (tertiary/aromatic N) is 2. The quantitative estimate of drug-likeness (QED) is 0.267. The molecule has 3 heteroatoms. The van der Waals surface area contributed by atoms with Crippen molar-refractivity contribution in [3.8, 4) is 11.1 Å². The first-order valence-electron chi connectivity index (χ1n) is 11.4. The van der Waals surface area contributed by atoms with Gasteiger partial charge in [0.1, 0.15) is 11.5 Å². The Bertz CT molecular complexity index is 1500. The Morgan fingerprint density at radius 3 is 2.31 bits per heavy atom. The van der Waals surface area contributed by atoms with Crippen molar-refractivity contribution in [1.82, 2.24) is 9.38 Å². The maximum atomic E-state index is 16.2. The minimum absolute atomic E-state index is 0.151. The molecule has 5 aromatic rings. The molecule has 0 aliphatic rings. The molecular formula is C29H29FN2. The molecule has 0 radical (unpaired) electrons. The third-order valence-electron chi connectivity index (χ3n) is 6.93. The number of aryl methyl sites for hydroxylation is 4. The molecule has 3 aromatic carbocycles. The molecule has 32 heavy (non-hydrogen) atoms. The van der Waals surface area contributed by atoms with E-state index in [1.807, 2.05) is 12.4 Å². The lowest BCUT2D eigenvalue weighted by Crippen LogP contribution is -2.03. The van der Waals surface area contributed by atoms with Gasteiger partial charge in [-0.2, -0.15) is 0 Å². The van der Waals surface area contributed by atoms with Crippen LogP contribution < -0.4 is 0 Å². The van der Waals surface area contributed by atoms with E-state index in [1.165, 1.54) is 5.56 Å². The normalized spacial score (nSPS) is 12.8. The van der Waals surface area contributed by atoms with Crippen LogP contribution >= 0.6 is 0 Å². The van der Waals surface area contributed by atoms with E-state index < -0.39 is 0 Å². The molecule has 0 aliphatic heterocycles.